The first-order valence-electron chi connectivity index (χ1n) is 10.4. The molecule has 3 amide bonds. The normalized spacial score (nSPS) is 14.1. The Morgan fingerprint density at radius 2 is 2.11 bits per heavy atom. The number of nitrogens with one attached hydrogen (secondary N) is 1. The number of primary amides is 1. The molecule has 0 unspecified atom stereocenters. The highest BCUT2D eigenvalue weighted by Gasteiger charge is 2.35. The Labute approximate surface area is 196 Å². The van der Waals surface area contributed by atoms with Crippen LogP contribution in [0.15, 0.2) is 28.9 Å². The molecule has 1 fully saturated rings. The maximum Gasteiger partial charge on any atom is 0.405 e. The Hall–Kier alpha value is -4.14. The number of anilines is 2. The minimum Gasteiger partial charge on any atom is -0.435 e. The fourth-order valence-electron chi connectivity index (χ4n) is 3.59. The van der Waals surface area contributed by atoms with Crippen LogP contribution in [0.1, 0.15) is 10.5 Å². The van der Waals surface area contributed by atoms with Crippen LogP contribution < -0.4 is 16.0 Å². The SMILES string of the molecule is Cn1cc(-c2oc(-c3ccnc(NCC(F)(F)F)c3)nc2C(N)=O)c(N2CCN(CCO)C2=O)n1. The molecule has 3 aromatic rings. The molecule has 12 nitrogen and oxygen atoms in total. The summed E-state index contributed by atoms with van der Waals surface area (Å²) >= 11 is 0. The smallest absolute Gasteiger partial charge is 0.405 e. The molecule has 0 bridgehead atoms. The van der Waals surface area contributed by atoms with E-state index in [1.807, 2.05) is 0 Å². The number of amides is 3. The number of alkyl halides is 3. The van der Waals surface area contributed by atoms with Gasteiger partial charge >= 0.3 is 12.2 Å². The lowest BCUT2D eigenvalue weighted by Gasteiger charge is -2.16. The second-order valence-electron chi connectivity index (χ2n) is 7.64. The molecule has 0 saturated carbocycles. The number of nitrogens with two attached hydrogens (primary N) is 1. The Balaban J connectivity index is 1.72. The number of carbonyl (C=O) groups is 2. The Morgan fingerprint density at radius 1 is 1.34 bits per heavy atom. The lowest BCUT2D eigenvalue weighted by Crippen LogP contribution is -2.34. The van der Waals surface area contributed by atoms with Crippen molar-refractivity contribution in [3.63, 3.8) is 0 Å². The highest BCUT2D eigenvalue weighted by atomic mass is 19.4. The van der Waals surface area contributed by atoms with Crippen LogP contribution in [0, 0.1) is 0 Å². The van der Waals surface area contributed by atoms with Crippen LogP contribution in [-0.4, -0.2) is 80.7 Å². The largest absolute Gasteiger partial charge is 0.435 e. The molecule has 4 heterocycles. The molecule has 3 aromatic heterocycles. The molecule has 1 saturated heterocycles. The maximum atomic E-state index is 12.8. The van der Waals surface area contributed by atoms with Crippen LogP contribution in [0.25, 0.3) is 22.8 Å². The first kappa shape index (κ1) is 24.0. The van der Waals surface area contributed by atoms with Crippen molar-refractivity contribution < 1.29 is 32.3 Å². The summed E-state index contributed by atoms with van der Waals surface area (Å²) in [5, 5.41) is 15.7. The van der Waals surface area contributed by atoms with Crippen LogP contribution in [0.5, 0.6) is 0 Å². The number of β-amino-alcohol motifs (C(OH)–C–C–N with tert-alkyl or cyclic N) is 1. The van der Waals surface area contributed by atoms with Gasteiger partial charge in [-0.15, -0.1) is 0 Å². The molecule has 35 heavy (non-hydrogen) atoms. The number of aryl methyl sites for hydroxylation is 1. The lowest BCUT2D eigenvalue weighted by molar-refractivity contribution is -0.115. The van der Waals surface area contributed by atoms with Crippen molar-refractivity contribution in [1.29, 1.82) is 0 Å². The molecule has 1 aliphatic heterocycles. The van der Waals surface area contributed by atoms with Gasteiger partial charge < -0.3 is 25.5 Å². The van der Waals surface area contributed by atoms with Gasteiger partial charge in [-0.3, -0.25) is 14.4 Å². The molecule has 0 radical (unpaired) electrons. The van der Waals surface area contributed by atoms with E-state index in [1.54, 1.807) is 7.05 Å². The van der Waals surface area contributed by atoms with Crippen LogP contribution in [0.2, 0.25) is 0 Å². The number of rotatable bonds is 8. The van der Waals surface area contributed by atoms with Gasteiger partial charge in [0.15, 0.2) is 17.3 Å². The number of halogens is 3. The second-order valence-corrected chi connectivity index (χ2v) is 7.64. The third-order valence-corrected chi connectivity index (χ3v) is 5.11. The number of hydrogen-bond acceptors (Lipinski definition) is 8. The Bertz CT molecular complexity index is 1260. The molecular weight excluding hydrogens is 473 g/mol. The van der Waals surface area contributed by atoms with Crippen molar-refractivity contribution in [2.75, 3.05) is 43.0 Å². The summed E-state index contributed by atoms with van der Waals surface area (Å²) in [5.41, 5.74) is 5.79. The van der Waals surface area contributed by atoms with Gasteiger partial charge in [-0.25, -0.2) is 14.8 Å². The van der Waals surface area contributed by atoms with Gasteiger partial charge in [-0.2, -0.15) is 18.3 Å². The molecular formula is C20H21F3N8O4. The predicted molar refractivity (Wildman–Crippen MR) is 116 cm³/mol. The van der Waals surface area contributed by atoms with Crippen molar-refractivity contribution in [2.45, 2.75) is 6.18 Å². The van der Waals surface area contributed by atoms with Crippen LogP contribution >= 0.6 is 0 Å². The van der Waals surface area contributed by atoms with Gasteiger partial charge in [0.25, 0.3) is 5.91 Å². The molecule has 0 aliphatic carbocycles. The molecule has 1 aliphatic rings. The third kappa shape index (κ3) is 5.03. The number of nitrogens with zero attached hydrogens (tertiary/aromatic N) is 6. The van der Waals surface area contributed by atoms with Gasteiger partial charge in [-0.05, 0) is 12.1 Å². The molecule has 0 atom stereocenters. The van der Waals surface area contributed by atoms with Crippen molar-refractivity contribution in [3.8, 4) is 22.8 Å². The van der Waals surface area contributed by atoms with Crippen molar-refractivity contribution in [2.24, 2.45) is 12.8 Å². The summed E-state index contributed by atoms with van der Waals surface area (Å²) in [6.07, 6.45) is -1.66. The van der Waals surface area contributed by atoms with E-state index in [9.17, 15) is 22.8 Å². The number of urea groups is 1. The van der Waals surface area contributed by atoms with Crippen LogP contribution in [0.3, 0.4) is 0 Å². The monoisotopic (exact) mass is 494 g/mol. The van der Waals surface area contributed by atoms with E-state index in [4.69, 9.17) is 15.3 Å². The van der Waals surface area contributed by atoms with E-state index in [1.165, 1.54) is 39.0 Å². The standard InChI is InChI=1S/C20H21F3N8O4/c1-29-9-12(17(28-29)31-5-4-30(6-7-32)19(31)34)15-14(16(24)33)27-18(35-15)11-2-3-25-13(8-11)26-10-20(21,22)23/h2-3,8-9,32H,4-7,10H2,1H3,(H2,24,33)(H,25,26). The first-order valence-corrected chi connectivity index (χ1v) is 10.4. The fourth-order valence-corrected chi connectivity index (χ4v) is 3.59. The summed E-state index contributed by atoms with van der Waals surface area (Å²) in [6, 6.07) is 2.35. The van der Waals surface area contributed by atoms with E-state index in [0.29, 0.717) is 6.54 Å². The molecule has 4 rings (SSSR count). The summed E-state index contributed by atoms with van der Waals surface area (Å²) in [6.45, 7) is -0.678. The number of pyridine rings is 1. The molecule has 15 heteroatoms. The van der Waals surface area contributed by atoms with E-state index >= 15 is 0 Å². The first-order chi connectivity index (χ1) is 16.6. The zero-order chi connectivity index (χ0) is 25.3. The number of carbonyl (C=O) groups excluding carboxylic acids is 2. The zero-order valence-corrected chi connectivity index (χ0v) is 18.4. The molecule has 4 N–H and O–H groups in total. The van der Waals surface area contributed by atoms with Gasteiger partial charge in [-0.1, -0.05) is 0 Å². The third-order valence-electron chi connectivity index (χ3n) is 5.11. The quantitative estimate of drug-likeness (QED) is 0.425. The van der Waals surface area contributed by atoms with E-state index < -0.39 is 18.6 Å². The van der Waals surface area contributed by atoms with Gasteiger partial charge in [0.2, 0.25) is 5.89 Å². The minimum atomic E-state index is -4.44. The number of hydrogen-bond donors (Lipinski definition) is 3. The molecule has 0 spiro atoms. The van der Waals surface area contributed by atoms with Gasteiger partial charge in [0.05, 0.1) is 12.2 Å². The molecule has 0 aromatic carbocycles. The maximum absolute atomic E-state index is 12.8. The van der Waals surface area contributed by atoms with Crippen molar-refractivity contribution in [3.05, 3.63) is 30.2 Å². The van der Waals surface area contributed by atoms with Crippen molar-refractivity contribution in [1.82, 2.24) is 24.6 Å². The van der Waals surface area contributed by atoms with E-state index in [0.717, 1.165) is 0 Å². The van der Waals surface area contributed by atoms with Crippen LogP contribution in [0.4, 0.5) is 29.6 Å². The minimum absolute atomic E-state index is 0.0504. The topological polar surface area (TPSA) is 156 Å². The van der Waals surface area contributed by atoms with Gasteiger partial charge in [0, 0.05) is 44.6 Å². The Kier molecular flexibility index (Phi) is 6.34. The number of aliphatic hydroxyl groups is 1. The molecule has 186 valence electrons. The average molecular weight is 494 g/mol. The number of aromatic nitrogens is 4. The fraction of sp³-hybridized carbons (Fsp3) is 0.350. The summed E-state index contributed by atoms with van der Waals surface area (Å²) in [5.74, 6) is -0.926. The Morgan fingerprint density at radius 3 is 2.80 bits per heavy atom. The van der Waals surface area contributed by atoms with E-state index in [2.05, 4.69) is 20.4 Å². The summed E-state index contributed by atoms with van der Waals surface area (Å²) in [4.78, 5) is 35.7. The predicted octanol–water partition coefficient (Wildman–Crippen LogP) is 1.44. The zero-order valence-electron chi connectivity index (χ0n) is 18.4. The average Bonchev–Trinajstić information content (AvgIpc) is 3.49. The van der Waals surface area contributed by atoms with E-state index in [-0.39, 0.29) is 65.8 Å². The van der Waals surface area contributed by atoms with Gasteiger partial charge in [0.1, 0.15) is 12.4 Å². The summed E-state index contributed by atoms with van der Waals surface area (Å²) < 4.78 is 44.9. The lowest BCUT2D eigenvalue weighted by atomic mass is 10.2. The highest BCUT2D eigenvalue weighted by Crippen LogP contribution is 2.36. The summed E-state index contributed by atoms with van der Waals surface area (Å²) in [7, 11) is 1.61. The number of oxazole rings is 1. The highest BCUT2D eigenvalue weighted by molar-refractivity contribution is 6.01. The number of aliphatic hydroxyl groups excluding tert-OH is 1. The van der Waals surface area contributed by atoms with Crippen molar-refractivity contribution >= 4 is 23.6 Å². The van der Waals surface area contributed by atoms with Crippen LogP contribution in [-0.2, 0) is 7.05 Å². The second kappa shape index (κ2) is 9.25.